The van der Waals surface area contributed by atoms with Gasteiger partial charge in [-0.05, 0) is 32.2 Å². The predicted molar refractivity (Wildman–Crippen MR) is 73.2 cm³/mol. The molecule has 0 heterocycles. The Bertz CT molecular complexity index is 210. The van der Waals surface area contributed by atoms with Crippen LogP contribution < -0.4 is 5.73 Å². The summed E-state index contributed by atoms with van der Waals surface area (Å²) in [5, 5.41) is 0. The summed E-state index contributed by atoms with van der Waals surface area (Å²) in [5.41, 5.74) is 6.38. The van der Waals surface area contributed by atoms with Crippen molar-refractivity contribution in [1.29, 1.82) is 0 Å². The lowest BCUT2D eigenvalue weighted by molar-refractivity contribution is 0.0279. The van der Waals surface area contributed by atoms with Gasteiger partial charge in [0, 0.05) is 25.2 Å². The van der Waals surface area contributed by atoms with Crippen LogP contribution >= 0.6 is 0 Å². The molecule has 0 saturated heterocycles. The molecule has 3 heteroatoms. The van der Waals surface area contributed by atoms with Crippen molar-refractivity contribution in [2.24, 2.45) is 11.7 Å². The second-order valence-electron chi connectivity index (χ2n) is 5.08. The Kier molecular flexibility index (Phi) is 6.45. The smallest absolute Gasteiger partial charge is 0.0593 e. The van der Waals surface area contributed by atoms with E-state index in [0.29, 0.717) is 0 Å². The van der Waals surface area contributed by atoms with Crippen molar-refractivity contribution in [1.82, 2.24) is 4.90 Å². The minimum absolute atomic E-state index is 0.251. The summed E-state index contributed by atoms with van der Waals surface area (Å²) in [6, 6.07) is 0. The molecular weight excluding hydrogens is 212 g/mol. The maximum absolute atomic E-state index is 6.13. The van der Waals surface area contributed by atoms with Gasteiger partial charge < -0.3 is 10.5 Å². The fourth-order valence-electron chi connectivity index (χ4n) is 3.54. The average molecular weight is 242 g/mol. The molecule has 1 fully saturated rings. The van der Waals surface area contributed by atoms with Gasteiger partial charge >= 0.3 is 0 Å². The van der Waals surface area contributed by atoms with Crippen molar-refractivity contribution in [2.45, 2.75) is 52.0 Å². The van der Waals surface area contributed by atoms with Crippen molar-refractivity contribution >= 4 is 0 Å². The molecule has 0 aliphatic heterocycles. The molecular formula is C14H30N2O. The van der Waals surface area contributed by atoms with Crippen molar-refractivity contribution in [3.63, 3.8) is 0 Å². The van der Waals surface area contributed by atoms with Gasteiger partial charge in [0.25, 0.3) is 0 Å². The van der Waals surface area contributed by atoms with E-state index in [4.69, 9.17) is 10.5 Å². The second kappa shape index (κ2) is 7.34. The zero-order valence-electron chi connectivity index (χ0n) is 11.9. The van der Waals surface area contributed by atoms with Crippen LogP contribution in [0.1, 0.15) is 46.5 Å². The van der Waals surface area contributed by atoms with E-state index in [1.807, 2.05) is 0 Å². The molecule has 3 nitrogen and oxygen atoms in total. The SMILES string of the molecule is CCOCCN(CC)C1(CN)CCCC1CC. The molecule has 0 aromatic carbocycles. The van der Waals surface area contributed by atoms with Gasteiger partial charge in [-0.25, -0.2) is 0 Å². The molecule has 102 valence electrons. The molecule has 17 heavy (non-hydrogen) atoms. The fraction of sp³-hybridized carbons (Fsp3) is 1.00. The van der Waals surface area contributed by atoms with Crippen molar-refractivity contribution < 1.29 is 4.74 Å². The Hall–Kier alpha value is -0.120. The first-order valence-electron chi connectivity index (χ1n) is 7.28. The maximum Gasteiger partial charge on any atom is 0.0593 e. The van der Waals surface area contributed by atoms with E-state index in [2.05, 4.69) is 25.7 Å². The molecule has 1 rings (SSSR count). The lowest BCUT2D eigenvalue weighted by Gasteiger charge is -2.44. The predicted octanol–water partition coefficient (Wildman–Crippen LogP) is 2.25. The van der Waals surface area contributed by atoms with Gasteiger partial charge in [-0.3, -0.25) is 4.90 Å². The van der Waals surface area contributed by atoms with Crippen LogP contribution in [0.3, 0.4) is 0 Å². The van der Waals surface area contributed by atoms with Gasteiger partial charge in [-0.2, -0.15) is 0 Å². The fourth-order valence-corrected chi connectivity index (χ4v) is 3.54. The van der Waals surface area contributed by atoms with E-state index in [-0.39, 0.29) is 5.54 Å². The highest BCUT2D eigenvalue weighted by atomic mass is 16.5. The number of ether oxygens (including phenoxy) is 1. The summed E-state index contributed by atoms with van der Waals surface area (Å²) >= 11 is 0. The Balaban J connectivity index is 2.67. The molecule has 1 saturated carbocycles. The van der Waals surface area contributed by atoms with Gasteiger partial charge in [0.2, 0.25) is 0 Å². The van der Waals surface area contributed by atoms with Crippen LogP contribution in [0.2, 0.25) is 0 Å². The number of hydrogen-bond acceptors (Lipinski definition) is 3. The molecule has 2 N–H and O–H groups in total. The van der Waals surface area contributed by atoms with Crippen molar-refractivity contribution in [3.05, 3.63) is 0 Å². The first-order chi connectivity index (χ1) is 8.25. The third-order valence-electron chi connectivity index (χ3n) is 4.49. The van der Waals surface area contributed by atoms with E-state index >= 15 is 0 Å². The third kappa shape index (κ3) is 3.21. The topological polar surface area (TPSA) is 38.5 Å². The zero-order chi connectivity index (χ0) is 12.7. The highest BCUT2D eigenvalue weighted by Gasteiger charge is 2.44. The Morgan fingerprint density at radius 2 is 2.12 bits per heavy atom. The Morgan fingerprint density at radius 3 is 2.65 bits per heavy atom. The van der Waals surface area contributed by atoms with E-state index < -0.39 is 0 Å². The first kappa shape index (κ1) is 14.9. The van der Waals surface area contributed by atoms with Crippen LogP contribution in [-0.2, 0) is 4.74 Å². The summed E-state index contributed by atoms with van der Waals surface area (Å²) in [5.74, 6) is 0.772. The summed E-state index contributed by atoms with van der Waals surface area (Å²) < 4.78 is 5.50. The number of rotatable bonds is 8. The molecule has 1 aliphatic carbocycles. The largest absolute Gasteiger partial charge is 0.380 e. The number of hydrogen-bond donors (Lipinski definition) is 1. The molecule has 2 unspecified atom stereocenters. The normalized spacial score (nSPS) is 29.1. The van der Waals surface area contributed by atoms with Gasteiger partial charge in [0.15, 0.2) is 0 Å². The van der Waals surface area contributed by atoms with E-state index in [0.717, 1.165) is 38.8 Å². The summed E-state index contributed by atoms with van der Waals surface area (Å²) in [6.07, 6.45) is 5.20. The summed E-state index contributed by atoms with van der Waals surface area (Å²) in [7, 11) is 0. The zero-order valence-corrected chi connectivity index (χ0v) is 11.9. The van der Waals surface area contributed by atoms with Crippen LogP contribution in [0.25, 0.3) is 0 Å². The monoisotopic (exact) mass is 242 g/mol. The lowest BCUT2D eigenvalue weighted by Crippen LogP contribution is -2.57. The van der Waals surface area contributed by atoms with Gasteiger partial charge in [0.05, 0.1) is 6.61 Å². The molecule has 0 aromatic heterocycles. The molecule has 2 atom stereocenters. The van der Waals surface area contributed by atoms with Crippen molar-refractivity contribution in [2.75, 3.05) is 32.8 Å². The Labute approximate surface area is 107 Å². The molecule has 0 radical (unpaired) electrons. The molecule has 0 spiro atoms. The number of nitrogens with zero attached hydrogens (tertiary/aromatic N) is 1. The number of nitrogens with two attached hydrogens (primary N) is 1. The molecule has 0 amide bonds. The lowest BCUT2D eigenvalue weighted by atomic mass is 9.83. The van der Waals surface area contributed by atoms with Gasteiger partial charge in [-0.15, -0.1) is 0 Å². The summed E-state index contributed by atoms with van der Waals surface area (Å²) in [6.45, 7) is 11.2. The van der Waals surface area contributed by atoms with Crippen LogP contribution in [-0.4, -0.2) is 43.3 Å². The maximum atomic E-state index is 6.13. The third-order valence-corrected chi connectivity index (χ3v) is 4.49. The highest BCUT2D eigenvalue weighted by molar-refractivity contribution is 5.01. The molecule has 0 bridgehead atoms. The molecule has 1 aliphatic rings. The van der Waals surface area contributed by atoms with Gasteiger partial charge in [0.1, 0.15) is 0 Å². The van der Waals surface area contributed by atoms with E-state index in [1.54, 1.807) is 0 Å². The van der Waals surface area contributed by atoms with Crippen LogP contribution in [0.4, 0.5) is 0 Å². The van der Waals surface area contributed by atoms with E-state index in [9.17, 15) is 0 Å². The minimum atomic E-state index is 0.251. The minimum Gasteiger partial charge on any atom is -0.380 e. The summed E-state index contributed by atoms with van der Waals surface area (Å²) in [4.78, 5) is 2.57. The van der Waals surface area contributed by atoms with Gasteiger partial charge in [-0.1, -0.05) is 26.7 Å². The van der Waals surface area contributed by atoms with E-state index in [1.165, 1.54) is 25.7 Å². The van der Waals surface area contributed by atoms with Crippen LogP contribution in [0, 0.1) is 5.92 Å². The molecule has 0 aromatic rings. The standard InChI is InChI=1S/C14H30N2O/c1-4-13-8-7-9-14(13,12-15)16(5-2)10-11-17-6-3/h13H,4-12,15H2,1-3H3. The van der Waals surface area contributed by atoms with Crippen molar-refractivity contribution in [3.8, 4) is 0 Å². The first-order valence-corrected chi connectivity index (χ1v) is 7.28. The number of likely N-dealkylation sites (N-methyl/N-ethyl adjacent to an activating group) is 1. The average Bonchev–Trinajstić information content (AvgIpc) is 2.78. The second-order valence-corrected chi connectivity index (χ2v) is 5.08. The quantitative estimate of drug-likeness (QED) is 0.664. The highest BCUT2D eigenvalue weighted by Crippen LogP contribution is 2.41. The van der Waals surface area contributed by atoms with Crippen LogP contribution in [0.5, 0.6) is 0 Å². The Morgan fingerprint density at radius 1 is 1.35 bits per heavy atom. The van der Waals surface area contributed by atoms with Crippen LogP contribution in [0.15, 0.2) is 0 Å².